The summed E-state index contributed by atoms with van der Waals surface area (Å²) in [5, 5.41) is 7.55. The van der Waals surface area contributed by atoms with Crippen molar-refractivity contribution in [3.63, 3.8) is 0 Å². The van der Waals surface area contributed by atoms with Gasteiger partial charge in [0.2, 0.25) is 0 Å². The zero-order valence-electron chi connectivity index (χ0n) is 11.2. The van der Waals surface area contributed by atoms with Crippen LogP contribution < -0.4 is 0 Å². The van der Waals surface area contributed by atoms with Crippen LogP contribution in [0.15, 0.2) is 24.3 Å². The summed E-state index contributed by atoms with van der Waals surface area (Å²) in [5.74, 6) is 0.553. The minimum atomic E-state index is -0.199. The summed E-state index contributed by atoms with van der Waals surface area (Å²) >= 11 is 0. The van der Waals surface area contributed by atoms with E-state index in [0.717, 1.165) is 30.0 Å². The average molecular weight is 258 g/mol. The summed E-state index contributed by atoms with van der Waals surface area (Å²) in [6.45, 7) is 2.23. The molecule has 0 bridgehead atoms. The molecule has 0 saturated carbocycles. The van der Waals surface area contributed by atoms with Gasteiger partial charge in [0.1, 0.15) is 5.82 Å². The lowest BCUT2D eigenvalue weighted by atomic mass is 9.83. The average Bonchev–Trinajstić information content (AvgIpc) is 2.82. The Labute approximate surface area is 113 Å². The van der Waals surface area contributed by atoms with Gasteiger partial charge in [-0.3, -0.25) is 5.10 Å². The van der Waals surface area contributed by atoms with Gasteiger partial charge in [-0.05, 0) is 37.3 Å². The molecule has 0 saturated heterocycles. The van der Waals surface area contributed by atoms with Crippen molar-refractivity contribution in [3.8, 4) is 11.3 Å². The van der Waals surface area contributed by atoms with E-state index in [1.54, 1.807) is 12.1 Å². The molecule has 1 atom stereocenters. The predicted octanol–water partition coefficient (Wildman–Crippen LogP) is 4.12. The van der Waals surface area contributed by atoms with Crippen LogP contribution in [0.2, 0.25) is 0 Å². The first-order valence-electron chi connectivity index (χ1n) is 7.10. The van der Waals surface area contributed by atoms with E-state index in [9.17, 15) is 4.39 Å². The van der Waals surface area contributed by atoms with Gasteiger partial charge < -0.3 is 0 Å². The van der Waals surface area contributed by atoms with Crippen LogP contribution in [0.1, 0.15) is 37.4 Å². The highest BCUT2D eigenvalue weighted by Gasteiger charge is 2.23. The SMILES string of the molecule is CCCC1CCc2[nH]nc(-c3cccc(F)c3)c2C1. The highest BCUT2D eigenvalue weighted by molar-refractivity contribution is 5.64. The summed E-state index contributed by atoms with van der Waals surface area (Å²) in [6.07, 6.45) is 5.89. The molecule has 1 aliphatic carbocycles. The fraction of sp³-hybridized carbons (Fsp3) is 0.438. The van der Waals surface area contributed by atoms with Crippen molar-refractivity contribution in [1.82, 2.24) is 10.2 Å². The third kappa shape index (κ3) is 2.42. The van der Waals surface area contributed by atoms with E-state index in [4.69, 9.17) is 0 Å². The number of fused-ring (bicyclic) bond motifs is 1. The van der Waals surface area contributed by atoms with Crippen LogP contribution in [0.3, 0.4) is 0 Å². The lowest BCUT2D eigenvalue weighted by Crippen LogP contribution is -2.13. The Hall–Kier alpha value is -1.64. The van der Waals surface area contributed by atoms with E-state index < -0.39 is 0 Å². The number of rotatable bonds is 3. The van der Waals surface area contributed by atoms with Gasteiger partial charge in [-0.15, -0.1) is 0 Å². The lowest BCUT2D eigenvalue weighted by molar-refractivity contribution is 0.421. The molecule has 1 unspecified atom stereocenters. The summed E-state index contributed by atoms with van der Waals surface area (Å²) in [6, 6.07) is 6.73. The fourth-order valence-electron chi connectivity index (χ4n) is 3.10. The van der Waals surface area contributed by atoms with Gasteiger partial charge in [-0.1, -0.05) is 31.9 Å². The van der Waals surface area contributed by atoms with Crippen molar-refractivity contribution in [1.29, 1.82) is 0 Å². The summed E-state index contributed by atoms with van der Waals surface area (Å²) in [7, 11) is 0. The summed E-state index contributed by atoms with van der Waals surface area (Å²) in [5.41, 5.74) is 4.37. The topological polar surface area (TPSA) is 28.7 Å². The smallest absolute Gasteiger partial charge is 0.123 e. The van der Waals surface area contributed by atoms with Gasteiger partial charge in [0.25, 0.3) is 0 Å². The monoisotopic (exact) mass is 258 g/mol. The van der Waals surface area contributed by atoms with Crippen LogP contribution in [0, 0.1) is 11.7 Å². The van der Waals surface area contributed by atoms with Crippen molar-refractivity contribution in [2.45, 2.75) is 39.0 Å². The number of H-pyrrole nitrogens is 1. The standard InChI is InChI=1S/C16H19FN2/c1-2-4-11-7-8-15-14(9-11)16(19-18-15)12-5-3-6-13(17)10-12/h3,5-6,10-11H,2,4,7-9H2,1H3,(H,18,19). The normalized spacial score (nSPS) is 18.3. The Balaban J connectivity index is 1.95. The van der Waals surface area contributed by atoms with E-state index in [2.05, 4.69) is 17.1 Å². The molecule has 0 amide bonds. The molecule has 2 aromatic rings. The summed E-state index contributed by atoms with van der Waals surface area (Å²) < 4.78 is 13.4. The predicted molar refractivity (Wildman–Crippen MR) is 74.4 cm³/mol. The minimum absolute atomic E-state index is 0.199. The first kappa shape index (κ1) is 12.4. The fourth-order valence-corrected chi connectivity index (χ4v) is 3.10. The van der Waals surface area contributed by atoms with E-state index >= 15 is 0 Å². The first-order valence-corrected chi connectivity index (χ1v) is 7.10. The van der Waals surface area contributed by atoms with Gasteiger partial charge in [-0.2, -0.15) is 5.10 Å². The first-order chi connectivity index (χ1) is 9.28. The molecular weight excluding hydrogens is 239 g/mol. The number of halogens is 1. The van der Waals surface area contributed by atoms with Crippen LogP contribution in [0.5, 0.6) is 0 Å². The number of hydrogen-bond donors (Lipinski definition) is 1. The van der Waals surface area contributed by atoms with E-state index in [-0.39, 0.29) is 5.82 Å². The highest BCUT2D eigenvalue weighted by atomic mass is 19.1. The molecule has 0 fully saturated rings. The molecule has 1 N–H and O–H groups in total. The lowest BCUT2D eigenvalue weighted by Gasteiger charge is -2.21. The molecule has 19 heavy (non-hydrogen) atoms. The molecular formula is C16H19FN2. The maximum atomic E-state index is 13.4. The number of aryl methyl sites for hydroxylation is 1. The largest absolute Gasteiger partial charge is 0.282 e. The Morgan fingerprint density at radius 1 is 1.42 bits per heavy atom. The second kappa shape index (κ2) is 5.16. The molecule has 1 heterocycles. The number of hydrogen-bond acceptors (Lipinski definition) is 1. The van der Waals surface area contributed by atoms with Gasteiger partial charge in [0.15, 0.2) is 0 Å². The molecule has 3 rings (SSSR count). The van der Waals surface area contributed by atoms with E-state index in [1.165, 1.54) is 36.6 Å². The molecule has 0 radical (unpaired) electrons. The van der Waals surface area contributed by atoms with Gasteiger partial charge >= 0.3 is 0 Å². The van der Waals surface area contributed by atoms with Crippen molar-refractivity contribution in [2.75, 3.05) is 0 Å². The number of aromatic amines is 1. The number of benzene rings is 1. The molecule has 0 spiro atoms. The molecule has 1 aromatic carbocycles. The maximum absolute atomic E-state index is 13.4. The second-order valence-electron chi connectivity index (χ2n) is 5.44. The van der Waals surface area contributed by atoms with Gasteiger partial charge in [0, 0.05) is 16.8 Å². The van der Waals surface area contributed by atoms with Crippen LogP contribution in [-0.4, -0.2) is 10.2 Å². The zero-order chi connectivity index (χ0) is 13.2. The Morgan fingerprint density at radius 2 is 2.32 bits per heavy atom. The van der Waals surface area contributed by atoms with Crippen LogP contribution in [0.4, 0.5) is 4.39 Å². The van der Waals surface area contributed by atoms with E-state index in [0.29, 0.717) is 0 Å². The molecule has 1 aliphatic rings. The molecule has 0 aliphatic heterocycles. The maximum Gasteiger partial charge on any atom is 0.123 e. The van der Waals surface area contributed by atoms with Crippen molar-refractivity contribution in [2.24, 2.45) is 5.92 Å². The molecule has 100 valence electrons. The third-order valence-corrected chi connectivity index (χ3v) is 4.04. The van der Waals surface area contributed by atoms with E-state index in [1.807, 2.05) is 6.07 Å². The van der Waals surface area contributed by atoms with Gasteiger partial charge in [0.05, 0.1) is 5.69 Å². The number of nitrogens with zero attached hydrogens (tertiary/aromatic N) is 1. The Morgan fingerprint density at radius 3 is 3.11 bits per heavy atom. The quantitative estimate of drug-likeness (QED) is 0.881. The Bertz CT molecular complexity index is 574. The molecule has 1 aromatic heterocycles. The van der Waals surface area contributed by atoms with Gasteiger partial charge in [-0.25, -0.2) is 4.39 Å². The Kier molecular flexibility index (Phi) is 3.36. The third-order valence-electron chi connectivity index (χ3n) is 4.04. The van der Waals surface area contributed by atoms with Crippen molar-refractivity contribution >= 4 is 0 Å². The second-order valence-corrected chi connectivity index (χ2v) is 5.44. The van der Waals surface area contributed by atoms with Crippen LogP contribution in [-0.2, 0) is 12.8 Å². The number of aromatic nitrogens is 2. The highest BCUT2D eigenvalue weighted by Crippen LogP contribution is 2.33. The molecule has 2 nitrogen and oxygen atoms in total. The van der Waals surface area contributed by atoms with Crippen LogP contribution >= 0.6 is 0 Å². The van der Waals surface area contributed by atoms with Crippen LogP contribution in [0.25, 0.3) is 11.3 Å². The van der Waals surface area contributed by atoms with Crippen molar-refractivity contribution in [3.05, 3.63) is 41.3 Å². The summed E-state index contributed by atoms with van der Waals surface area (Å²) in [4.78, 5) is 0. The zero-order valence-corrected chi connectivity index (χ0v) is 11.2. The van der Waals surface area contributed by atoms with Crippen molar-refractivity contribution < 1.29 is 4.39 Å². The minimum Gasteiger partial charge on any atom is -0.282 e. The molecule has 3 heteroatoms. The number of nitrogens with one attached hydrogen (secondary N) is 1.